The van der Waals surface area contributed by atoms with E-state index in [1.54, 1.807) is 7.11 Å². The third kappa shape index (κ3) is 11.7. The number of azo groups is 1. The molecule has 0 radical (unpaired) electrons. The highest BCUT2D eigenvalue weighted by atomic mass is 16.5. The van der Waals surface area contributed by atoms with Gasteiger partial charge in [-0.05, 0) is 85.5 Å². The van der Waals surface area contributed by atoms with Crippen molar-refractivity contribution < 1.29 is 14.6 Å². The maximum absolute atomic E-state index is 8.81. The van der Waals surface area contributed by atoms with Crippen LogP contribution in [0.4, 0.5) is 11.4 Å². The number of aryl methyl sites for hydroxylation is 1. The van der Waals surface area contributed by atoms with E-state index in [4.69, 9.17) is 14.6 Å². The standard InChI is InChI=1S/C33H40N2O3/c1-37-26-27-38-33-23-17-30(18-24-33)12-11-29-15-21-32(22-16-29)35-34-31-19-13-28(14-20-31)10-8-6-4-2-3-5-7-9-25-36/h13-24,36H,2-10,25-27H2,1H3. The quantitative estimate of drug-likeness (QED) is 0.120. The molecular weight excluding hydrogens is 472 g/mol. The van der Waals surface area contributed by atoms with Crippen molar-refractivity contribution in [3.05, 3.63) is 89.5 Å². The maximum Gasteiger partial charge on any atom is 0.119 e. The van der Waals surface area contributed by atoms with E-state index in [9.17, 15) is 0 Å². The first kappa shape index (κ1) is 29.1. The van der Waals surface area contributed by atoms with Crippen LogP contribution in [0, 0.1) is 11.8 Å². The average Bonchev–Trinajstić information content (AvgIpc) is 2.96. The smallest absolute Gasteiger partial charge is 0.119 e. The summed E-state index contributed by atoms with van der Waals surface area (Å²) in [5.41, 5.74) is 4.86. The van der Waals surface area contributed by atoms with Gasteiger partial charge in [0, 0.05) is 24.8 Å². The summed E-state index contributed by atoms with van der Waals surface area (Å²) in [7, 11) is 1.66. The highest BCUT2D eigenvalue weighted by Gasteiger charge is 1.98. The second kappa shape index (κ2) is 17.9. The number of ether oxygens (including phenoxy) is 2. The lowest BCUT2D eigenvalue weighted by Crippen LogP contribution is -2.03. The molecule has 0 saturated carbocycles. The summed E-state index contributed by atoms with van der Waals surface area (Å²) in [4.78, 5) is 0. The summed E-state index contributed by atoms with van der Waals surface area (Å²) in [5, 5.41) is 17.6. The number of methoxy groups -OCH3 is 1. The molecule has 0 unspecified atom stereocenters. The first-order valence-corrected chi connectivity index (χ1v) is 13.7. The third-order valence-corrected chi connectivity index (χ3v) is 6.22. The van der Waals surface area contributed by atoms with Crippen LogP contribution >= 0.6 is 0 Å². The van der Waals surface area contributed by atoms with Crippen molar-refractivity contribution >= 4 is 11.4 Å². The SMILES string of the molecule is COCCOc1ccc(C#Cc2ccc(N=Nc3ccc(CCCCCCCCCCO)cc3)cc2)cc1. The van der Waals surface area contributed by atoms with Gasteiger partial charge in [-0.25, -0.2) is 0 Å². The fraction of sp³-hybridized carbons (Fsp3) is 0.394. The van der Waals surface area contributed by atoms with Gasteiger partial charge in [-0.2, -0.15) is 10.2 Å². The number of rotatable bonds is 16. The Bertz CT molecular complexity index is 1130. The molecule has 0 fully saturated rings. The summed E-state index contributed by atoms with van der Waals surface area (Å²) in [5.74, 6) is 7.18. The zero-order chi connectivity index (χ0) is 26.7. The van der Waals surface area contributed by atoms with Crippen molar-refractivity contribution in [2.75, 3.05) is 26.9 Å². The van der Waals surface area contributed by atoms with E-state index >= 15 is 0 Å². The molecule has 0 bridgehead atoms. The summed E-state index contributed by atoms with van der Waals surface area (Å²) in [6.45, 7) is 1.43. The number of nitrogens with zero attached hydrogens (tertiary/aromatic N) is 2. The summed E-state index contributed by atoms with van der Waals surface area (Å²) in [6.07, 6.45) is 10.8. The molecule has 0 aliphatic rings. The van der Waals surface area contributed by atoms with E-state index < -0.39 is 0 Å². The molecule has 0 aromatic heterocycles. The number of unbranched alkanes of at least 4 members (excludes halogenated alkanes) is 7. The van der Waals surface area contributed by atoms with E-state index in [2.05, 4.69) is 34.2 Å². The first-order chi connectivity index (χ1) is 18.8. The molecule has 0 spiro atoms. The topological polar surface area (TPSA) is 63.4 Å². The molecule has 3 aromatic rings. The van der Waals surface area contributed by atoms with E-state index in [0.29, 0.717) is 19.8 Å². The fourth-order valence-corrected chi connectivity index (χ4v) is 3.98. The molecule has 0 aliphatic heterocycles. The molecular formula is C33H40N2O3. The predicted molar refractivity (Wildman–Crippen MR) is 155 cm³/mol. The molecule has 0 heterocycles. The van der Waals surface area contributed by atoms with Crippen LogP contribution in [0.15, 0.2) is 83.0 Å². The van der Waals surface area contributed by atoms with Gasteiger partial charge in [0.2, 0.25) is 0 Å². The van der Waals surface area contributed by atoms with Crippen LogP contribution in [0.3, 0.4) is 0 Å². The second-order valence-corrected chi connectivity index (χ2v) is 9.33. The Balaban J connectivity index is 1.38. The zero-order valence-electron chi connectivity index (χ0n) is 22.6. The van der Waals surface area contributed by atoms with Gasteiger partial charge in [0.25, 0.3) is 0 Å². The van der Waals surface area contributed by atoms with Gasteiger partial charge in [-0.15, -0.1) is 0 Å². The Morgan fingerprint density at radius 2 is 1.11 bits per heavy atom. The van der Waals surface area contributed by atoms with Crippen LogP contribution in [0.25, 0.3) is 0 Å². The van der Waals surface area contributed by atoms with Gasteiger partial charge < -0.3 is 14.6 Å². The lowest BCUT2D eigenvalue weighted by atomic mass is 10.0. The molecule has 38 heavy (non-hydrogen) atoms. The zero-order valence-corrected chi connectivity index (χ0v) is 22.6. The molecule has 0 aliphatic carbocycles. The molecule has 5 heteroatoms. The number of aliphatic hydroxyl groups excluding tert-OH is 1. The van der Waals surface area contributed by atoms with Crippen LogP contribution in [-0.2, 0) is 11.2 Å². The van der Waals surface area contributed by atoms with Gasteiger partial charge in [-0.1, -0.05) is 62.5 Å². The van der Waals surface area contributed by atoms with E-state index in [1.807, 2.05) is 60.7 Å². The lowest BCUT2D eigenvalue weighted by Gasteiger charge is -2.04. The van der Waals surface area contributed by atoms with Crippen LogP contribution in [0.2, 0.25) is 0 Å². The van der Waals surface area contributed by atoms with E-state index in [-0.39, 0.29) is 0 Å². The Labute approximate surface area is 227 Å². The Kier molecular flexibility index (Phi) is 13.7. The molecule has 200 valence electrons. The van der Waals surface area contributed by atoms with Crippen molar-refractivity contribution in [1.82, 2.24) is 0 Å². The fourth-order valence-electron chi connectivity index (χ4n) is 3.98. The van der Waals surface area contributed by atoms with Crippen molar-refractivity contribution in [2.45, 2.75) is 57.8 Å². The van der Waals surface area contributed by atoms with E-state index in [0.717, 1.165) is 47.5 Å². The number of hydrogen-bond acceptors (Lipinski definition) is 5. The number of aliphatic hydroxyl groups is 1. The van der Waals surface area contributed by atoms with Gasteiger partial charge in [-0.3, -0.25) is 0 Å². The molecule has 0 atom stereocenters. The highest BCUT2D eigenvalue weighted by Crippen LogP contribution is 2.20. The second-order valence-electron chi connectivity index (χ2n) is 9.33. The summed E-state index contributed by atoms with van der Waals surface area (Å²) in [6, 6.07) is 23.9. The van der Waals surface area contributed by atoms with Crippen molar-refractivity contribution in [3.63, 3.8) is 0 Å². The van der Waals surface area contributed by atoms with Crippen LogP contribution < -0.4 is 4.74 Å². The normalized spacial score (nSPS) is 10.9. The Morgan fingerprint density at radius 1 is 0.605 bits per heavy atom. The summed E-state index contributed by atoms with van der Waals surface area (Å²) >= 11 is 0. The maximum atomic E-state index is 8.81. The van der Waals surface area contributed by atoms with Crippen LogP contribution in [0.5, 0.6) is 5.75 Å². The van der Waals surface area contributed by atoms with Gasteiger partial charge in [0.15, 0.2) is 0 Å². The number of hydrogen-bond donors (Lipinski definition) is 1. The monoisotopic (exact) mass is 512 g/mol. The van der Waals surface area contributed by atoms with Crippen molar-refractivity contribution in [2.24, 2.45) is 10.2 Å². The Morgan fingerprint density at radius 3 is 1.66 bits per heavy atom. The van der Waals surface area contributed by atoms with Crippen LogP contribution in [0.1, 0.15) is 68.1 Å². The first-order valence-electron chi connectivity index (χ1n) is 13.7. The molecule has 3 aromatic carbocycles. The summed E-state index contributed by atoms with van der Waals surface area (Å²) < 4.78 is 10.6. The van der Waals surface area contributed by atoms with Gasteiger partial charge in [0.1, 0.15) is 12.4 Å². The number of benzene rings is 3. The molecule has 3 rings (SSSR count). The lowest BCUT2D eigenvalue weighted by molar-refractivity contribution is 0.146. The minimum Gasteiger partial charge on any atom is -0.491 e. The van der Waals surface area contributed by atoms with Crippen LogP contribution in [-0.4, -0.2) is 32.0 Å². The van der Waals surface area contributed by atoms with Crippen molar-refractivity contribution in [1.29, 1.82) is 0 Å². The molecule has 0 amide bonds. The van der Waals surface area contributed by atoms with Crippen molar-refractivity contribution in [3.8, 4) is 17.6 Å². The minimum atomic E-state index is 0.327. The minimum absolute atomic E-state index is 0.327. The highest BCUT2D eigenvalue weighted by molar-refractivity contribution is 5.48. The third-order valence-electron chi connectivity index (χ3n) is 6.22. The van der Waals surface area contributed by atoms with E-state index in [1.165, 1.54) is 44.1 Å². The molecule has 5 nitrogen and oxygen atoms in total. The largest absolute Gasteiger partial charge is 0.491 e. The average molecular weight is 513 g/mol. The predicted octanol–water partition coefficient (Wildman–Crippen LogP) is 8.18. The molecule has 1 N–H and O–H groups in total. The Hall–Kier alpha value is -3.46. The molecule has 0 saturated heterocycles. The van der Waals surface area contributed by atoms with Gasteiger partial charge in [0.05, 0.1) is 18.0 Å². The van der Waals surface area contributed by atoms with Gasteiger partial charge >= 0.3 is 0 Å².